The molecule has 0 atom stereocenters. The lowest BCUT2D eigenvalue weighted by atomic mass is 10.0. The van der Waals surface area contributed by atoms with E-state index < -0.39 is 17.9 Å². The SMILES string of the molecule is C/C=C/CCCCCCCCCCCCCCCCCCCCC[N+](CCCC(=O)O)(CCCC(=O)O)CCCC(=O)O. The predicted octanol–water partition coefficient (Wildman–Crippen LogP) is 9.78. The number of aliphatic carboxylic acids is 3. The fraction of sp³-hybridized carbons (Fsp3) is 0.861. The molecule has 0 fully saturated rings. The summed E-state index contributed by atoms with van der Waals surface area (Å²) < 4.78 is 0.644. The molecule has 0 spiro atoms. The zero-order valence-corrected chi connectivity index (χ0v) is 27.9. The first kappa shape index (κ1) is 41.1. The van der Waals surface area contributed by atoms with E-state index >= 15 is 0 Å². The van der Waals surface area contributed by atoms with Crippen LogP contribution in [0.25, 0.3) is 0 Å². The molecule has 0 radical (unpaired) electrons. The molecule has 7 heteroatoms. The molecule has 0 saturated carbocycles. The molecule has 0 aromatic rings. The number of quaternary nitrogens is 1. The van der Waals surface area contributed by atoms with Gasteiger partial charge in [-0.3, -0.25) is 14.4 Å². The molecular formula is C36H68NO6+. The van der Waals surface area contributed by atoms with Crippen molar-refractivity contribution in [2.45, 2.75) is 174 Å². The molecule has 3 N–H and O–H groups in total. The van der Waals surface area contributed by atoms with Gasteiger partial charge in [-0.1, -0.05) is 115 Å². The Morgan fingerprint density at radius 3 is 0.953 bits per heavy atom. The summed E-state index contributed by atoms with van der Waals surface area (Å²) in [5, 5.41) is 27.3. The minimum absolute atomic E-state index is 0.0930. The van der Waals surface area contributed by atoms with Gasteiger partial charge in [0.1, 0.15) is 0 Å². The smallest absolute Gasteiger partial charge is 0.303 e. The number of hydrogen-bond acceptors (Lipinski definition) is 3. The molecule has 0 bridgehead atoms. The Morgan fingerprint density at radius 2 is 0.674 bits per heavy atom. The van der Waals surface area contributed by atoms with Crippen molar-refractivity contribution in [3.05, 3.63) is 12.2 Å². The van der Waals surface area contributed by atoms with Crippen LogP contribution in [0, 0.1) is 0 Å². The van der Waals surface area contributed by atoms with Crippen molar-refractivity contribution in [1.82, 2.24) is 0 Å². The van der Waals surface area contributed by atoms with Crippen molar-refractivity contribution in [2.24, 2.45) is 0 Å². The third-order valence-corrected chi connectivity index (χ3v) is 8.81. The summed E-state index contributed by atoms with van der Waals surface area (Å²) in [6.07, 6.45) is 32.8. The van der Waals surface area contributed by atoms with Gasteiger partial charge in [0, 0.05) is 19.3 Å². The molecule has 0 saturated heterocycles. The highest BCUT2D eigenvalue weighted by Gasteiger charge is 2.27. The third-order valence-electron chi connectivity index (χ3n) is 8.81. The molecule has 0 aliphatic carbocycles. The molecule has 0 rings (SSSR count). The Morgan fingerprint density at radius 1 is 0.419 bits per heavy atom. The predicted molar refractivity (Wildman–Crippen MR) is 177 cm³/mol. The molecule has 0 aliphatic heterocycles. The Bertz CT molecular complexity index is 658. The molecule has 252 valence electrons. The average molecular weight is 611 g/mol. The van der Waals surface area contributed by atoms with Gasteiger partial charge in [-0.2, -0.15) is 0 Å². The van der Waals surface area contributed by atoms with Gasteiger partial charge in [-0.15, -0.1) is 0 Å². The van der Waals surface area contributed by atoms with Crippen LogP contribution in [-0.2, 0) is 14.4 Å². The van der Waals surface area contributed by atoms with Gasteiger partial charge >= 0.3 is 17.9 Å². The van der Waals surface area contributed by atoms with E-state index in [2.05, 4.69) is 19.1 Å². The summed E-state index contributed by atoms with van der Waals surface area (Å²) in [5.74, 6) is -2.47. The maximum Gasteiger partial charge on any atom is 0.303 e. The van der Waals surface area contributed by atoms with Crippen LogP contribution >= 0.6 is 0 Å². The Balaban J connectivity index is 3.96. The minimum Gasteiger partial charge on any atom is -0.481 e. The van der Waals surface area contributed by atoms with E-state index in [0.29, 0.717) is 43.4 Å². The summed E-state index contributed by atoms with van der Waals surface area (Å²) in [4.78, 5) is 33.3. The zero-order valence-electron chi connectivity index (χ0n) is 27.9. The minimum atomic E-state index is -0.822. The molecule has 0 amide bonds. The molecule has 0 heterocycles. The summed E-state index contributed by atoms with van der Waals surface area (Å²) in [7, 11) is 0. The molecule has 0 aromatic carbocycles. The Hall–Kier alpha value is -1.89. The summed E-state index contributed by atoms with van der Waals surface area (Å²) in [6.45, 7) is 4.98. The quantitative estimate of drug-likeness (QED) is 0.0380. The van der Waals surface area contributed by atoms with E-state index in [1.54, 1.807) is 0 Å². The molecule has 43 heavy (non-hydrogen) atoms. The average Bonchev–Trinajstić information content (AvgIpc) is 2.95. The van der Waals surface area contributed by atoms with Gasteiger partial charge in [0.05, 0.1) is 45.4 Å². The van der Waals surface area contributed by atoms with Crippen LogP contribution in [0.3, 0.4) is 0 Å². The van der Waals surface area contributed by atoms with E-state index in [0.717, 1.165) is 19.4 Å². The van der Waals surface area contributed by atoms with Crippen LogP contribution in [0.5, 0.6) is 0 Å². The van der Waals surface area contributed by atoms with Gasteiger partial charge in [-0.25, -0.2) is 0 Å². The first-order valence-electron chi connectivity index (χ1n) is 17.9. The van der Waals surface area contributed by atoms with Crippen LogP contribution in [0.2, 0.25) is 0 Å². The molecule has 7 nitrogen and oxygen atoms in total. The molecular weight excluding hydrogens is 542 g/mol. The standard InChI is InChI=1S/C36H67NO6/c1-2-3-4-5-6-7-8-9-10-11-12-13-14-15-16-17-18-19-20-21-22-23-30-37(31-24-27-34(38)39,32-25-28-35(40)41)33-26-29-36(42)43/h2-3H,4-33H2,1H3,(H2-,38,39,40,41,42,43)/p+1/b3-2+. The summed E-state index contributed by atoms with van der Waals surface area (Å²) in [6, 6.07) is 0. The highest BCUT2D eigenvalue weighted by atomic mass is 16.4. The first-order valence-corrected chi connectivity index (χ1v) is 17.9. The van der Waals surface area contributed by atoms with Gasteiger partial charge in [0.25, 0.3) is 0 Å². The van der Waals surface area contributed by atoms with Crippen LogP contribution in [0.1, 0.15) is 174 Å². The second-order valence-electron chi connectivity index (χ2n) is 12.8. The number of carbonyl (C=O) groups is 3. The second-order valence-corrected chi connectivity index (χ2v) is 12.8. The number of nitrogens with zero attached hydrogens (tertiary/aromatic N) is 1. The number of allylic oxidation sites excluding steroid dienone is 2. The van der Waals surface area contributed by atoms with Gasteiger partial charge in [0.2, 0.25) is 0 Å². The third kappa shape index (κ3) is 29.9. The molecule has 0 aliphatic rings. The largest absolute Gasteiger partial charge is 0.481 e. The van der Waals surface area contributed by atoms with Crippen molar-refractivity contribution in [1.29, 1.82) is 0 Å². The van der Waals surface area contributed by atoms with Crippen LogP contribution < -0.4 is 0 Å². The monoisotopic (exact) mass is 611 g/mol. The molecule has 0 unspecified atom stereocenters. The number of hydrogen-bond donors (Lipinski definition) is 3. The highest BCUT2D eigenvalue weighted by Crippen LogP contribution is 2.19. The zero-order chi connectivity index (χ0) is 31.9. The molecule has 0 aromatic heterocycles. The van der Waals surface area contributed by atoms with Crippen molar-refractivity contribution in [3.63, 3.8) is 0 Å². The van der Waals surface area contributed by atoms with Crippen molar-refractivity contribution in [2.75, 3.05) is 26.2 Å². The van der Waals surface area contributed by atoms with E-state index in [1.165, 1.54) is 116 Å². The van der Waals surface area contributed by atoms with Crippen LogP contribution in [0.4, 0.5) is 0 Å². The maximum absolute atomic E-state index is 11.1. The van der Waals surface area contributed by atoms with E-state index in [-0.39, 0.29) is 19.3 Å². The first-order chi connectivity index (χ1) is 20.8. The summed E-state index contributed by atoms with van der Waals surface area (Å²) >= 11 is 0. The lowest BCUT2D eigenvalue weighted by molar-refractivity contribution is -0.929. The van der Waals surface area contributed by atoms with Crippen LogP contribution in [0.15, 0.2) is 12.2 Å². The van der Waals surface area contributed by atoms with Crippen LogP contribution in [-0.4, -0.2) is 63.9 Å². The van der Waals surface area contributed by atoms with Gasteiger partial charge < -0.3 is 19.8 Å². The number of carboxylic acids is 3. The fourth-order valence-corrected chi connectivity index (χ4v) is 6.25. The lowest BCUT2D eigenvalue weighted by Gasteiger charge is -2.39. The van der Waals surface area contributed by atoms with E-state index in [4.69, 9.17) is 15.3 Å². The van der Waals surface area contributed by atoms with E-state index in [9.17, 15) is 14.4 Å². The van der Waals surface area contributed by atoms with Crippen molar-refractivity contribution in [3.8, 4) is 0 Å². The van der Waals surface area contributed by atoms with Gasteiger partial charge in [-0.05, 0) is 32.6 Å². The second kappa shape index (κ2) is 30.1. The van der Waals surface area contributed by atoms with Gasteiger partial charge in [0.15, 0.2) is 0 Å². The lowest BCUT2D eigenvalue weighted by Crippen LogP contribution is -2.51. The summed E-state index contributed by atoms with van der Waals surface area (Å²) in [5.41, 5.74) is 0. The van der Waals surface area contributed by atoms with Crippen molar-refractivity contribution < 1.29 is 34.2 Å². The Kier molecular flexibility index (Phi) is 28.8. The maximum atomic E-state index is 11.1. The van der Waals surface area contributed by atoms with E-state index in [1.807, 2.05) is 0 Å². The topological polar surface area (TPSA) is 112 Å². The fourth-order valence-electron chi connectivity index (χ4n) is 6.25. The number of rotatable bonds is 34. The highest BCUT2D eigenvalue weighted by molar-refractivity contribution is 5.67. The number of carboxylic acid groups (broad SMARTS) is 3. The number of unbranched alkanes of at least 4 members (excludes halogenated alkanes) is 19. The normalized spacial score (nSPS) is 11.8. The Labute approximate surface area is 264 Å². The van der Waals surface area contributed by atoms with Crippen molar-refractivity contribution >= 4 is 17.9 Å².